The number of hydrogen-bond acceptors (Lipinski definition) is 3. The Morgan fingerprint density at radius 3 is 2.80 bits per heavy atom. The van der Waals surface area contributed by atoms with Crippen LogP contribution in [-0.2, 0) is 0 Å². The van der Waals surface area contributed by atoms with E-state index in [0.29, 0.717) is 16.5 Å². The molecule has 0 saturated heterocycles. The molecular weight excluding hydrogens is 260 g/mol. The van der Waals surface area contributed by atoms with Crippen LogP contribution in [0, 0.1) is 21.4 Å². The Kier molecular flexibility index (Phi) is 4.01. The first kappa shape index (κ1) is 11.4. The first-order chi connectivity index (χ1) is 7.19. The van der Waals surface area contributed by atoms with Crippen LogP contribution in [0.1, 0.15) is 5.56 Å². The summed E-state index contributed by atoms with van der Waals surface area (Å²) in [4.78, 5) is 10.2. The molecule has 0 unspecified atom stereocenters. The van der Waals surface area contributed by atoms with E-state index in [1.54, 1.807) is 18.2 Å². The Labute approximate surface area is 95.1 Å². The van der Waals surface area contributed by atoms with Crippen LogP contribution in [0.4, 0.5) is 5.69 Å². The van der Waals surface area contributed by atoms with E-state index in [1.165, 1.54) is 12.1 Å². The van der Waals surface area contributed by atoms with E-state index in [9.17, 15) is 10.1 Å². The lowest BCUT2D eigenvalue weighted by Crippen LogP contribution is -1.91. The van der Waals surface area contributed by atoms with E-state index in [4.69, 9.17) is 5.26 Å². The van der Waals surface area contributed by atoms with E-state index in [-0.39, 0.29) is 5.69 Å². The van der Waals surface area contributed by atoms with Crippen molar-refractivity contribution in [3.8, 4) is 6.07 Å². The number of nitro groups is 1. The Hall–Kier alpha value is -1.67. The number of alkyl halides is 1. The van der Waals surface area contributed by atoms with Crippen LogP contribution in [0.5, 0.6) is 0 Å². The number of allylic oxidation sites excluding steroid dienone is 1. The number of para-hydroxylation sites is 1. The van der Waals surface area contributed by atoms with E-state index in [0.717, 1.165) is 0 Å². The molecular formula is C10H7BrN2O2. The van der Waals surface area contributed by atoms with Crippen molar-refractivity contribution in [2.45, 2.75) is 0 Å². The van der Waals surface area contributed by atoms with Crippen LogP contribution < -0.4 is 0 Å². The van der Waals surface area contributed by atoms with Crippen molar-refractivity contribution < 1.29 is 4.92 Å². The molecule has 15 heavy (non-hydrogen) atoms. The molecule has 76 valence electrons. The molecule has 0 saturated carbocycles. The minimum Gasteiger partial charge on any atom is -0.258 e. The van der Waals surface area contributed by atoms with Gasteiger partial charge < -0.3 is 0 Å². The predicted octanol–water partition coefficient (Wildman–Crippen LogP) is 2.90. The van der Waals surface area contributed by atoms with Gasteiger partial charge in [0.05, 0.1) is 16.6 Å². The molecule has 1 aromatic rings. The van der Waals surface area contributed by atoms with Crippen molar-refractivity contribution in [2.75, 3.05) is 5.33 Å². The number of halogens is 1. The largest absolute Gasteiger partial charge is 0.276 e. The highest BCUT2D eigenvalue weighted by molar-refractivity contribution is 9.09. The van der Waals surface area contributed by atoms with E-state index >= 15 is 0 Å². The average molecular weight is 267 g/mol. The van der Waals surface area contributed by atoms with Gasteiger partial charge in [0.25, 0.3) is 5.69 Å². The molecule has 5 heteroatoms. The fraction of sp³-hybridized carbons (Fsp3) is 0.100. The molecule has 0 bridgehead atoms. The maximum Gasteiger partial charge on any atom is 0.276 e. The molecule has 0 radical (unpaired) electrons. The third-order valence-electron chi connectivity index (χ3n) is 1.75. The van der Waals surface area contributed by atoms with Gasteiger partial charge in [-0.25, -0.2) is 0 Å². The molecule has 1 rings (SSSR count). The van der Waals surface area contributed by atoms with Crippen LogP contribution in [0.25, 0.3) is 6.08 Å². The fourth-order valence-corrected chi connectivity index (χ4v) is 1.35. The van der Waals surface area contributed by atoms with Crippen molar-refractivity contribution in [3.05, 3.63) is 45.5 Å². The van der Waals surface area contributed by atoms with Crippen LogP contribution in [-0.4, -0.2) is 10.3 Å². The second-order valence-corrected chi connectivity index (χ2v) is 3.29. The Bertz CT molecular complexity index is 449. The van der Waals surface area contributed by atoms with E-state index in [1.807, 2.05) is 6.07 Å². The lowest BCUT2D eigenvalue weighted by Gasteiger charge is -1.97. The van der Waals surface area contributed by atoms with E-state index < -0.39 is 4.92 Å². The number of nitriles is 1. The summed E-state index contributed by atoms with van der Waals surface area (Å²) in [5.41, 5.74) is 0.897. The summed E-state index contributed by atoms with van der Waals surface area (Å²) in [6.45, 7) is 0. The molecule has 1 aromatic carbocycles. The van der Waals surface area contributed by atoms with Gasteiger partial charge in [0, 0.05) is 17.0 Å². The van der Waals surface area contributed by atoms with Gasteiger partial charge in [-0.15, -0.1) is 0 Å². The zero-order valence-corrected chi connectivity index (χ0v) is 9.27. The van der Waals surface area contributed by atoms with Crippen LogP contribution in [0.3, 0.4) is 0 Å². The molecule has 0 fully saturated rings. The van der Waals surface area contributed by atoms with Crippen LogP contribution in [0.15, 0.2) is 29.8 Å². The second-order valence-electron chi connectivity index (χ2n) is 2.73. The predicted molar refractivity (Wildman–Crippen MR) is 60.5 cm³/mol. The number of nitrogens with zero attached hydrogens (tertiary/aromatic N) is 2. The van der Waals surface area contributed by atoms with Crippen molar-refractivity contribution in [1.82, 2.24) is 0 Å². The number of nitro benzene ring substituents is 1. The maximum atomic E-state index is 10.7. The minimum absolute atomic E-state index is 0.00574. The van der Waals surface area contributed by atoms with E-state index in [2.05, 4.69) is 15.9 Å². The lowest BCUT2D eigenvalue weighted by atomic mass is 10.1. The summed E-state index contributed by atoms with van der Waals surface area (Å²) in [6.07, 6.45) is 1.51. The summed E-state index contributed by atoms with van der Waals surface area (Å²) in [6, 6.07) is 8.27. The summed E-state index contributed by atoms with van der Waals surface area (Å²) in [7, 11) is 0. The minimum atomic E-state index is -0.463. The molecule has 0 heterocycles. The summed E-state index contributed by atoms with van der Waals surface area (Å²) in [5.74, 6) is 0. The highest BCUT2D eigenvalue weighted by Crippen LogP contribution is 2.20. The molecule has 0 aromatic heterocycles. The van der Waals surface area contributed by atoms with Crippen molar-refractivity contribution in [1.29, 1.82) is 5.26 Å². The number of benzene rings is 1. The molecule has 0 amide bonds. The zero-order valence-electron chi connectivity index (χ0n) is 7.68. The van der Waals surface area contributed by atoms with Gasteiger partial charge in [0.15, 0.2) is 0 Å². The zero-order chi connectivity index (χ0) is 11.3. The van der Waals surface area contributed by atoms with Gasteiger partial charge in [0.2, 0.25) is 0 Å². The molecule has 0 aliphatic carbocycles. The Morgan fingerprint density at radius 2 is 2.27 bits per heavy atom. The average Bonchev–Trinajstić information content (AvgIpc) is 2.26. The molecule has 0 atom stereocenters. The smallest absolute Gasteiger partial charge is 0.258 e. The monoisotopic (exact) mass is 266 g/mol. The quantitative estimate of drug-likeness (QED) is 0.366. The lowest BCUT2D eigenvalue weighted by molar-refractivity contribution is -0.385. The van der Waals surface area contributed by atoms with Gasteiger partial charge in [-0.05, 0) is 12.1 Å². The summed E-state index contributed by atoms with van der Waals surface area (Å²) in [5, 5.41) is 19.7. The number of rotatable bonds is 3. The summed E-state index contributed by atoms with van der Waals surface area (Å²) < 4.78 is 0. The Morgan fingerprint density at radius 1 is 1.60 bits per heavy atom. The highest BCUT2D eigenvalue weighted by Gasteiger charge is 2.10. The third kappa shape index (κ3) is 2.89. The van der Waals surface area contributed by atoms with Crippen LogP contribution >= 0.6 is 15.9 Å². The molecule has 0 spiro atoms. The van der Waals surface area contributed by atoms with Crippen molar-refractivity contribution >= 4 is 27.7 Å². The maximum absolute atomic E-state index is 10.7. The fourth-order valence-electron chi connectivity index (χ4n) is 1.06. The standard InChI is InChI=1S/C10H7BrN2O2/c11-6-8(7-12)5-9-3-1-2-4-10(9)13(14)15/h1-5H,6H2/b8-5+. The van der Waals surface area contributed by atoms with Gasteiger partial charge in [-0.3, -0.25) is 10.1 Å². The first-order valence-corrected chi connectivity index (χ1v) is 5.21. The normalized spacial score (nSPS) is 10.8. The molecule has 0 N–H and O–H groups in total. The van der Waals surface area contributed by atoms with Gasteiger partial charge in [-0.1, -0.05) is 28.1 Å². The summed E-state index contributed by atoms with van der Waals surface area (Å²) >= 11 is 3.13. The van der Waals surface area contributed by atoms with Gasteiger partial charge in [0.1, 0.15) is 0 Å². The van der Waals surface area contributed by atoms with Gasteiger partial charge in [-0.2, -0.15) is 5.26 Å². The Balaban J connectivity index is 3.21. The highest BCUT2D eigenvalue weighted by atomic mass is 79.9. The van der Waals surface area contributed by atoms with Crippen LogP contribution in [0.2, 0.25) is 0 Å². The van der Waals surface area contributed by atoms with Gasteiger partial charge >= 0.3 is 0 Å². The molecule has 4 nitrogen and oxygen atoms in total. The second kappa shape index (κ2) is 5.27. The van der Waals surface area contributed by atoms with Crippen molar-refractivity contribution in [2.24, 2.45) is 0 Å². The van der Waals surface area contributed by atoms with Crippen molar-refractivity contribution in [3.63, 3.8) is 0 Å². The SMILES string of the molecule is N#C/C(=C/c1ccccc1[N+](=O)[O-])CBr. The molecule has 0 aliphatic rings. The first-order valence-electron chi connectivity index (χ1n) is 4.09. The third-order valence-corrected chi connectivity index (χ3v) is 2.35. The number of hydrogen-bond donors (Lipinski definition) is 0. The molecule has 0 aliphatic heterocycles. The topological polar surface area (TPSA) is 66.9 Å².